The molecule has 2 rings (SSSR count). The molecule has 1 aromatic rings. The molecule has 0 spiro atoms. The molecule has 0 aliphatic heterocycles. The molecule has 0 heterocycles. The number of amides is 2. The van der Waals surface area contributed by atoms with Crippen LogP contribution in [0.3, 0.4) is 0 Å². The number of carbonyl (C=O) groups is 1. The van der Waals surface area contributed by atoms with Gasteiger partial charge in [0, 0.05) is 17.8 Å². The first-order chi connectivity index (χ1) is 9.19. The van der Waals surface area contributed by atoms with Crippen LogP contribution >= 0.6 is 0 Å². The molecule has 1 aliphatic carbocycles. The summed E-state index contributed by atoms with van der Waals surface area (Å²) in [6, 6.07) is 5.92. The van der Waals surface area contributed by atoms with E-state index in [0.717, 1.165) is 29.8 Å². The van der Waals surface area contributed by atoms with E-state index in [-0.39, 0.29) is 6.03 Å². The van der Waals surface area contributed by atoms with E-state index in [1.807, 2.05) is 32.0 Å². The molecule has 104 valence electrons. The van der Waals surface area contributed by atoms with Gasteiger partial charge in [-0.25, -0.2) is 4.79 Å². The van der Waals surface area contributed by atoms with Crippen molar-refractivity contribution in [1.29, 1.82) is 0 Å². The van der Waals surface area contributed by atoms with Crippen LogP contribution in [0, 0.1) is 6.92 Å². The van der Waals surface area contributed by atoms with E-state index in [4.69, 9.17) is 4.74 Å². The largest absolute Gasteiger partial charge is 0.494 e. The van der Waals surface area contributed by atoms with Gasteiger partial charge in [-0.05, 0) is 38.3 Å². The minimum absolute atomic E-state index is 0.127. The van der Waals surface area contributed by atoms with E-state index < -0.39 is 0 Å². The van der Waals surface area contributed by atoms with Crippen molar-refractivity contribution < 1.29 is 9.53 Å². The van der Waals surface area contributed by atoms with Crippen molar-refractivity contribution in [2.45, 2.75) is 45.6 Å². The Labute approximate surface area is 114 Å². The van der Waals surface area contributed by atoms with Crippen LogP contribution in [0.25, 0.3) is 0 Å². The molecule has 0 saturated heterocycles. The van der Waals surface area contributed by atoms with Gasteiger partial charge >= 0.3 is 6.03 Å². The average molecular weight is 262 g/mol. The van der Waals surface area contributed by atoms with E-state index in [1.54, 1.807) is 0 Å². The van der Waals surface area contributed by atoms with Gasteiger partial charge in [-0.15, -0.1) is 0 Å². The lowest BCUT2D eigenvalue weighted by Crippen LogP contribution is -2.36. The van der Waals surface area contributed by atoms with Gasteiger partial charge in [-0.1, -0.05) is 18.9 Å². The lowest BCUT2D eigenvalue weighted by atomic mass is 10.2. The topological polar surface area (TPSA) is 50.4 Å². The van der Waals surface area contributed by atoms with Crippen LogP contribution in [0.15, 0.2) is 18.2 Å². The third-order valence-corrected chi connectivity index (χ3v) is 3.44. The Morgan fingerprint density at radius 1 is 1.37 bits per heavy atom. The first kappa shape index (κ1) is 13.7. The second-order valence-corrected chi connectivity index (χ2v) is 4.99. The first-order valence-corrected chi connectivity index (χ1v) is 7.00. The van der Waals surface area contributed by atoms with Crippen LogP contribution in [-0.2, 0) is 0 Å². The number of rotatable bonds is 4. The van der Waals surface area contributed by atoms with Crippen LogP contribution in [0.5, 0.6) is 5.75 Å². The van der Waals surface area contributed by atoms with E-state index in [9.17, 15) is 4.79 Å². The van der Waals surface area contributed by atoms with Crippen molar-refractivity contribution >= 4 is 11.7 Å². The average Bonchev–Trinajstić information content (AvgIpc) is 2.86. The second-order valence-electron chi connectivity index (χ2n) is 4.99. The molecule has 2 amide bonds. The molecule has 1 saturated carbocycles. The van der Waals surface area contributed by atoms with E-state index in [2.05, 4.69) is 10.6 Å². The van der Waals surface area contributed by atoms with Crippen LogP contribution in [0.1, 0.15) is 38.2 Å². The lowest BCUT2D eigenvalue weighted by molar-refractivity contribution is 0.248. The van der Waals surface area contributed by atoms with Crippen LogP contribution in [-0.4, -0.2) is 18.7 Å². The predicted octanol–water partition coefficient (Wildman–Crippen LogP) is 3.46. The number of anilines is 1. The Morgan fingerprint density at radius 3 is 2.79 bits per heavy atom. The van der Waals surface area contributed by atoms with Gasteiger partial charge in [0.25, 0.3) is 0 Å². The maximum absolute atomic E-state index is 11.9. The predicted molar refractivity (Wildman–Crippen MR) is 76.8 cm³/mol. The summed E-state index contributed by atoms with van der Waals surface area (Å²) < 4.78 is 5.52. The Balaban J connectivity index is 1.94. The minimum atomic E-state index is -0.127. The summed E-state index contributed by atoms with van der Waals surface area (Å²) in [5.74, 6) is 0.821. The molecule has 0 radical (unpaired) electrons. The summed E-state index contributed by atoms with van der Waals surface area (Å²) in [7, 11) is 0. The molecular weight excluding hydrogens is 240 g/mol. The molecular formula is C15H22N2O2. The van der Waals surface area contributed by atoms with Gasteiger partial charge < -0.3 is 15.4 Å². The number of hydrogen-bond donors (Lipinski definition) is 2. The number of benzene rings is 1. The standard InChI is InChI=1S/C15H22N2O2/c1-3-19-14-10-13(9-8-11(14)2)17-15(18)16-12-6-4-5-7-12/h8-10,12H,3-7H2,1-2H3,(H2,16,17,18). The SMILES string of the molecule is CCOc1cc(NC(=O)NC2CCCC2)ccc1C. The maximum atomic E-state index is 11.9. The molecule has 0 atom stereocenters. The van der Waals surface area contributed by atoms with Crippen molar-refractivity contribution in [3.8, 4) is 5.75 Å². The van der Waals surface area contributed by atoms with Crippen LogP contribution in [0.2, 0.25) is 0 Å². The van der Waals surface area contributed by atoms with Crippen LogP contribution < -0.4 is 15.4 Å². The van der Waals surface area contributed by atoms with Crippen molar-refractivity contribution in [3.63, 3.8) is 0 Å². The van der Waals surface area contributed by atoms with Gasteiger partial charge in [-0.2, -0.15) is 0 Å². The second kappa shape index (κ2) is 6.45. The molecule has 0 aromatic heterocycles. The normalized spacial score (nSPS) is 15.3. The minimum Gasteiger partial charge on any atom is -0.494 e. The van der Waals surface area contributed by atoms with Crippen LogP contribution in [0.4, 0.5) is 10.5 Å². The first-order valence-electron chi connectivity index (χ1n) is 7.00. The quantitative estimate of drug-likeness (QED) is 0.873. The molecule has 19 heavy (non-hydrogen) atoms. The third kappa shape index (κ3) is 3.88. The molecule has 2 N–H and O–H groups in total. The number of hydrogen-bond acceptors (Lipinski definition) is 2. The summed E-state index contributed by atoms with van der Waals surface area (Å²) in [4.78, 5) is 11.9. The van der Waals surface area contributed by atoms with E-state index in [0.29, 0.717) is 12.6 Å². The number of nitrogens with one attached hydrogen (secondary N) is 2. The molecule has 1 aliphatic rings. The smallest absolute Gasteiger partial charge is 0.319 e. The highest BCUT2D eigenvalue weighted by molar-refractivity contribution is 5.89. The fourth-order valence-corrected chi connectivity index (χ4v) is 2.41. The summed E-state index contributed by atoms with van der Waals surface area (Å²) in [5.41, 5.74) is 1.84. The fourth-order valence-electron chi connectivity index (χ4n) is 2.41. The van der Waals surface area contributed by atoms with Gasteiger partial charge in [0.05, 0.1) is 6.61 Å². The van der Waals surface area contributed by atoms with Gasteiger partial charge in [0.1, 0.15) is 5.75 Å². The summed E-state index contributed by atoms with van der Waals surface area (Å²) in [5, 5.41) is 5.87. The zero-order valence-corrected chi connectivity index (χ0v) is 11.7. The van der Waals surface area contributed by atoms with Crippen molar-refractivity contribution in [2.24, 2.45) is 0 Å². The Kier molecular flexibility index (Phi) is 4.66. The molecule has 0 unspecified atom stereocenters. The van der Waals surface area contributed by atoms with E-state index >= 15 is 0 Å². The molecule has 1 aromatic carbocycles. The van der Waals surface area contributed by atoms with Gasteiger partial charge in [0.15, 0.2) is 0 Å². The highest BCUT2D eigenvalue weighted by Gasteiger charge is 2.17. The van der Waals surface area contributed by atoms with Crippen molar-refractivity contribution in [2.75, 3.05) is 11.9 Å². The van der Waals surface area contributed by atoms with Gasteiger partial charge in [-0.3, -0.25) is 0 Å². The van der Waals surface area contributed by atoms with Gasteiger partial charge in [0.2, 0.25) is 0 Å². The number of urea groups is 1. The highest BCUT2D eigenvalue weighted by Crippen LogP contribution is 2.23. The molecule has 0 bridgehead atoms. The molecule has 4 nitrogen and oxygen atoms in total. The zero-order chi connectivity index (χ0) is 13.7. The van der Waals surface area contributed by atoms with Crippen molar-refractivity contribution in [3.05, 3.63) is 23.8 Å². The number of ether oxygens (including phenoxy) is 1. The number of aryl methyl sites for hydroxylation is 1. The zero-order valence-electron chi connectivity index (χ0n) is 11.7. The monoisotopic (exact) mass is 262 g/mol. The third-order valence-electron chi connectivity index (χ3n) is 3.44. The maximum Gasteiger partial charge on any atom is 0.319 e. The van der Waals surface area contributed by atoms with E-state index in [1.165, 1.54) is 12.8 Å². The number of carbonyl (C=O) groups excluding carboxylic acids is 1. The lowest BCUT2D eigenvalue weighted by Gasteiger charge is -2.14. The molecule has 1 fully saturated rings. The fraction of sp³-hybridized carbons (Fsp3) is 0.533. The Hall–Kier alpha value is -1.71. The Morgan fingerprint density at radius 2 is 2.11 bits per heavy atom. The summed E-state index contributed by atoms with van der Waals surface area (Å²) in [6.45, 7) is 4.57. The Bertz CT molecular complexity index is 440. The summed E-state index contributed by atoms with van der Waals surface area (Å²) in [6.07, 6.45) is 4.60. The van der Waals surface area contributed by atoms with Crippen molar-refractivity contribution in [1.82, 2.24) is 5.32 Å². The highest BCUT2D eigenvalue weighted by atomic mass is 16.5. The molecule has 4 heteroatoms. The summed E-state index contributed by atoms with van der Waals surface area (Å²) >= 11 is 0.